The zero-order chi connectivity index (χ0) is 14.1. The van der Waals surface area contributed by atoms with Gasteiger partial charge in [0.05, 0.1) is 13.2 Å². The Bertz CT molecular complexity index is 627. The Balaban J connectivity index is 1.93. The monoisotopic (exact) mass is 334 g/mol. The van der Waals surface area contributed by atoms with Gasteiger partial charge in [0.1, 0.15) is 17.6 Å². The van der Waals surface area contributed by atoms with Crippen LogP contribution in [0.25, 0.3) is 0 Å². The molecule has 0 fully saturated rings. The summed E-state index contributed by atoms with van der Waals surface area (Å²) >= 11 is 3.46. The average Bonchev–Trinajstić information content (AvgIpc) is 2.47. The van der Waals surface area contributed by atoms with E-state index in [1.54, 1.807) is 7.11 Å². The molecule has 1 heterocycles. The summed E-state index contributed by atoms with van der Waals surface area (Å²) in [5, 5.41) is 10.3. The lowest BCUT2D eigenvalue weighted by atomic mass is 9.95. The van der Waals surface area contributed by atoms with Gasteiger partial charge >= 0.3 is 0 Å². The van der Waals surface area contributed by atoms with Crippen LogP contribution in [-0.4, -0.2) is 12.2 Å². The third-order valence-corrected chi connectivity index (χ3v) is 4.00. The van der Waals surface area contributed by atoms with Gasteiger partial charge in [-0.1, -0.05) is 28.1 Å². The zero-order valence-corrected chi connectivity index (χ0v) is 12.6. The highest BCUT2D eigenvalue weighted by molar-refractivity contribution is 9.10. The van der Waals surface area contributed by atoms with Crippen LogP contribution in [0.4, 0.5) is 0 Å². The summed E-state index contributed by atoms with van der Waals surface area (Å²) < 4.78 is 12.2. The molecule has 2 atom stereocenters. The van der Waals surface area contributed by atoms with Crippen molar-refractivity contribution in [2.45, 2.75) is 18.6 Å². The Hall–Kier alpha value is -1.52. The van der Waals surface area contributed by atoms with E-state index in [-0.39, 0.29) is 6.10 Å². The maximum absolute atomic E-state index is 10.3. The number of hydrogen-bond donors (Lipinski definition) is 1. The Kier molecular flexibility index (Phi) is 3.68. The van der Waals surface area contributed by atoms with Gasteiger partial charge in [-0.15, -0.1) is 0 Å². The number of benzene rings is 2. The molecule has 0 spiro atoms. The van der Waals surface area contributed by atoms with Crippen molar-refractivity contribution in [3.8, 4) is 11.5 Å². The highest BCUT2D eigenvalue weighted by atomic mass is 79.9. The smallest absolute Gasteiger partial charge is 0.127 e. The van der Waals surface area contributed by atoms with Gasteiger partial charge in [-0.25, -0.2) is 0 Å². The van der Waals surface area contributed by atoms with Crippen LogP contribution in [0.3, 0.4) is 0 Å². The second-order valence-corrected chi connectivity index (χ2v) is 5.73. The number of fused-ring (bicyclic) bond motifs is 1. The summed E-state index contributed by atoms with van der Waals surface area (Å²) in [5.74, 6) is 1.45. The van der Waals surface area contributed by atoms with Crippen molar-refractivity contribution in [2.24, 2.45) is 0 Å². The summed E-state index contributed by atoms with van der Waals surface area (Å²) in [6.45, 7) is 0. The number of aliphatic hydroxyl groups excluding tert-OH is 1. The number of ether oxygens (including phenoxy) is 2. The minimum Gasteiger partial charge on any atom is -0.497 e. The van der Waals surface area contributed by atoms with E-state index in [1.807, 2.05) is 42.5 Å². The number of aliphatic hydroxyl groups is 1. The first kappa shape index (κ1) is 13.5. The lowest BCUT2D eigenvalue weighted by molar-refractivity contribution is 0.0654. The first-order valence-corrected chi connectivity index (χ1v) is 7.25. The van der Waals surface area contributed by atoms with Crippen LogP contribution in [-0.2, 0) is 0 Å². The molecule has 4 heteroatoms. The molecular formula is C16H15BrO3. The molecule has 0 saturated heterocycles. The number of halogens is 1. The van der Waals surface area contributed by atoms with Gasteiger partial charge in [-0.2, -0.15) is 0 Å². The predicted octanol–water partition coefficient (Wildman–Crippen LogP) is 4.01. The molecule has 0 bridgehead atoms. The summed E-state index contributed by atoms with van der Waals surface area (Å²) in [6, 6.07) is 13.5. The molecule has 1 aliphatic rings. The van der Waals surface area contributed by atoms with E-state index in [2.05, 4.69) is 15.9 Å². The minimum absolute atomic E-state index is 0.136. The van der Waals surface area contributed by atoms with Crippen LogP contribution in [0.2, 0.25) is 0 Å². The molecule has 3 rings (SSSR count). The topological polar surface area (TPSA) is 38.7 Å². The molecule has 20 heavy (non-hydrogen) atoms. The molecule has 0 saturated carbocycles. The third-order valence-electron chi connectivity index (χ3n) is 3.50. The Morgan fingerprint density at radius 3 is 2.85 bits per heavy atom. The van der Waals surface area contributed by atoms with Gasteiger partial charge < -0.3 is 14.6 Å². The molecule has 0 amide bonds. The van der Waals surface area contributed by atoms with Gasteiger partial charge in [-0.3, -0.25) is 0 Å². The van der Waals surface area contributed by atoms with Crippen LogP contribution in [0.5, 0.6) is 11.5 Å². The molecular weight excluding hydrogens is 320 g/mol. The molecule has 2 aromatic rings. The van der Waals surface area contributed by atoms with Crippen LogP contribution in [0, 0.1) is 0 Å². The zero-order valence-electron chi connectivity index (χ0n) is 11.0. The summed E-state index contributed by atoms with van der Waals surface area (Å²) in [5.41, 5.74) is 1.84. The van der Waals surface area contributed by atoms with Gasteiger partial charge in [0.2, 0.25) is 0 Å². The number of rotatable bonds is 2. The first-order chi connectivity index (χ1) is 9.67. The van der Waals surface area contributed by atoms with Crippen LogP contribution in [0.15, 0.2) is 46.9 Å². The fraction of sp³-hybridized carbons (Fsp3) is 0.250. The molecule has 2 aromatic carbocycles. The van der Waals surface area contributed by atoms with E-state index >= 15 is 0 Å². The number of hydrogen-bond acceptors (Lipinski definition) is 3. The van der Waals surface area contributed by atoms with E-state index in [0.717, 1.165) is 27.1 Å². The Morgan fingerprint density at radius 1 is 1.25 bits per heavy atom. The molecule has 0 aliphatic carbocycles. The second-order valence-electron chi connectivity index (χ2n) is 4.82. The largest absolute Gasteiger partial charge is 0.497 e. The van der Waals surface area contributed by atoms with Gasteiger partial charge in [0, 0.05) is 16.5 Å². The van der Waals surface area contributed by atoms with E-state index < -0.39 is 6.10 Å². The maximum Gasteiger partial charge on any atom is 0.127 e. The van der Waals surface area contributed by atoms with Crippen molar-refractivity contribution in [1.29, 1.82) is 0 Å². The SMILES string of the molecule is COc1ccc2c(c1)[C@@H](O)CC(c1cccc(Br)c1)O2. The van der Waals surface area contributed by atoms with Gasteiger partial charge in [0.25, 0.3) is 0 Å². The number of methoxy groups -OCH3 is 1. The maximum atomic E-state index is 10.3. The molecule has 0 radical (unpaired) electrons. The lowest BCUT2D eigenvalue weighted by Gasteiger charge is -2.30. The van der Waals surface area contributed by atoms with Crippen LogP contribution >= 0.6 is 15.9 Å². The van der Waals surface area contributed by atoms with Crippen LogP contribution in [0.1, 0.15) is 29.8 Å². The molecule has 1 unspecified atom stereocenters. The normalized spacial score (nSPS) is 20.9. The standard InChI is InChI=1S/C16H15BrO3/c1-19-12-5-6-15-13(8-12)14(18)9-16(20-15)10-3-2-4-11(17)7-10/h2-8,14,16,18H,9H2,1H3/t14-,16?/m0/s1. The third kappa shape index (κ3) is 2.53. The molecule has 0 aromatic heterocycles. The van der Waals surface area contributed by atoms with Gasteiger partial charge in [0.15, 0.2) is 0 Å². The van der Waals surface area contributed by atoms with Crippen molar-refractivity contribution in [3.05, 3.63) is 58.1 Å². The summed E-state index contributed by atoms with van der Waals surface area (Å²) in [7, 11) is 1.61. The fourth-order valence-corrected chi connectivity index (χ4v) is 2.88. The summed E-state index contributed by atoms with van der Waals surface area (Å²) in [6.07, 6.45) is -0.141. The Labute approximate surface area is 126 Å². The molecule has 3 nitrogen and oxygen atoms in total. The molecule has 104 valence electrons. The van der Waals surface area contributed by atoms with Crippen molar-refractivity contribution >= 4 is 15.9 Å². The van der Waals surface area contributed by atoms with Crippen LogP contribution < -0.4 is 9.47 Å². The second kappa shape index (κ2) is 5.46. The predicted molar refractivity (Wildman–Crippen MR) is 80.1 cm³/mol. The molecule has 1 N–H and O–H groups in total. The van der Waals surface area contributed by atoms with E-state index in [0.29, 0.717) is 6.42 Å². The first-order valence-electron chi connectivity index (χ1n) is 6.45. The quantitative estimate of drug-likeness (QED) is 0.901. The highest BCUT2D eigenvalue weighted by Gasteiger charge is 2.28. The molecule has 1 aliphatic heterocycles. The summed E-state index contributed by atoms with van der Waals surface area (Å²) in [4.78, 5) is 0. The van der Waals surface area contributed by atoms with Gasteiger partial charge in [-0.05, 0) is 35.9 Å². The van der Waals surface area contributed by atoms with Crippen molar-refractivity contribution in [1.82, 2.24) is 0 Å². The lowest BCUT2D eigenvalue weighted by Crippen LogP contribution is -2.19. The average molecular weight is 335 g/mol. The Morgan fingerprint density at radius 2 is 2.10 bits per heavy atom. The van der Waals surface area contributed by atoms with E-state index in [9.17, 15) is 5.11 Å². The fourth-order valence-electron chi connectivity index (χ4n) is 2.46. The highest BCUT2D eigenvalue weighted by Crippen LogP contribution is 2.42. The van der Waals surface area contributed by atoms with Crippen molar-refractivity contribution in [2.75, 3.05) is 7.11 Å². The minimum atomic E-state index is -0.544. The van der Waals surface area contributed by atoms with E-state index in [4.69, 9.17) is 9.47 Å². The van der Waals surface area contributed by atoms with Crippen molar-refractivity contribution in [3.63, 3.8) is 0 Å². The van der Waals surface area contributed by atoms with E-state index in [1.165, 1.54) is 0 Å². The van der Waals surface area contributed by atoms with Crippen molar-refractivity contribution < 1.29 is 14.6 Å².